The van der Waals surface area contributed by atoms with Gasteiger partial charge in [-0.1, -0.05) is 18.2 Å². The van der Waals surface area contributed by atoms with Crippen LogP contribution in [-0.4, -0.2) is 18.9 Å². The predicted octanol–water partition coefficient (Wildman–Crippen LogP) is 5.11. The van der Waals surface area contributed by atoms with E-state index in [-0.39, 0.29) is 16.9 Å². The van der Waals surface area contributed by atoms with Gasteiger partial charge in [0.15, 0.2) is 5.78 Å². The van der Waals surface area contributed by atoms with Gasteiger partial charge in [0.2, 0.25) is 0 Å². The molecular weight excluding hydrogens is 456 g/mol. The molecule has 0 bridgehead atoms. The van der Waals surface area contributed by atoms with Crippen molar-refractivity contribution in [2.24, 2.45) is 0 Å². The third kappa shape index (κ3) is 3.54. The molecule has 0 aliphatic carbocycles. The number of esters is 1. The van der Waals surface area contributed by atoms with Crippen LogP contribution in [0.3, 0.4) is 0 Å². The predicted molar refractivity (Wildman–Crippen MR) is 130 cm³/mol. The molecule has 5 rings (SSSR count). The zero-order valence-corrected chi connectivity index (χ0v) is 18.9. The molecule has 3 aromatic heterocycles. The first-order valence-electron chi connectivity index (χ1n) is 10.2. The van der Waals surface area contributed by atoms with Crippen LogP contribution in [0.2, 0.25) is 0 Å². The highest BCUT2D eigenvalue weighted by Crippen LogP contribution is 2.35. The summed E-state index contributed by atoms with van der Waals surface area (Å²) in [7, 11) is 1.17. The molecule has 0 N–H and O–H groups in total. The van der Waals surface area contributed by atoms with E-state index in [9.17, 15) is 19.2 Å². The summed E-state index contributed by atoms with van der Waals surface area (Å²) in [6.07, 6.45) is 3.05. The third-order valence-corrected chi connectivity index (χ3v) is 6.41. The number of carbonyl (C=O) groups excluding carboxylic acids is 2. The Morgan fingerprint density at radius 2 is 1.79 bits per heavy atom. The Kier molecular flexibility index (Phi) is 5.22. The summed E-state index contributed by atoms with van der Waals surface area (Å²) in [5.74, 6) is -1.00. The van der Waals surface area contributed by atoms with Crippen molar-refractivity contribution >= 4 is 61.9 Å². The van der Waals surface area contributed by atoms with Gasteiger partial charge in [-0.25, -0.2) is 14.4 Å². The molecule has 8 heteroatoms. The van der Waals surface area contributed by atoms with Gasteiger partial charge < -0.3 is 13.6 Å². The van der Waals surface area contributed by atoms with Crippen molar-refractivity contribution in [1.82, 2.24) is 0 Å². The van der Waals surface area contributed by atoms with E-state index in [1.165, 1.54) is 36.7 Å². The summed E-state index contributed by atoms with van der Waals surface area (Å²) >= 11 is 1.33. The number of fused-ring (bicyclic) bond motifs is 5. The van der Waals surface area contributed by atoms with E-state index in [0.717, 1.165) is 5.56 Å². The standard InChI is InChI=1S/C26H16O7S/c1-13-10-21(28)32-24-16(13)6-7-17-22(24)14(5-8-19(27)20-4-3-9-34-20)11-15-12-18(25(29)31-2)26(30)33-23(15)17/h3-12H,1-2H3/b8-5+. The Hall–Kier alpha value is -4.30. The Balaban J connectivity index is 1.88. The molecule has 5 aromatic rings. The normalized spacial score (nSPS) is 11.6. The van der Waals surface area contributed by atoms with Gasteiger partial charge in [-0.15, -0.1) is 11.3 Å². The Morgan fingerprint density at radius 1 is 1.00 bits per heavy atom. The van der Waals surface area contributed by atoms with Crippen molar-refractivity contribution in [3.63, 3.8) is 0 Å². The van der Waals surface area contributed by atoms with Crippen LogP contribution in [0.1, 0.15) is 31.2 Å². The zero-order valence-electron chi connectivity index (χ0n) is 18.0. The maximum absolute atomic E-state index is 12.6. The zero-order chi connectivity index (χ0) is 24.0. The Labute approximate surface area is 195 Å². The number of thiophene rings is 1. The van der Waals surface area contributed by atoms with Crippen molar-refractivity contribution < 1.29 is 23.2 Å². The van der Waals surface area contributed by atoms with Crippen LogP contribution in [0.5, 0.6) is 0 Å². The maximum atomic E-state index is 12.6. The van der Waals surface area contributed by atoms with Crippen LogP contribution in [0.25, 0.3) is 38.8 Å². The number of carbonyl (C=O) groups is 2. The lowest BCUT2D eigenvalue weighted by atomic mass is 9.96. The van der Waals surface area contributed by atoms with E-state index in [1.807, 2.05) is 5.38 Å². The van der Waals surface area contributed by atoms with Gasteiger partial charge in [0.1, 0.15) is 16.7 Å². The van der Waals surface area contributed by atoms with Gasteiger partial charge in [-0.05, 0) is 53.8 Å². The van der Waals surface area contributed by atoms with E-state index in [2.05, 4.69) is 4.74 Å². The third-order valence-electron chi connectivity index (χ3n) is 5.52. The van der Waals surface area contributed by atoms with E-state index < -0.39 is 17.2 Å². The van der Waals surface area contributed by atoms with Gasteiger partial charge in [0.25, 0.3) is 0 Å². The molecule has 3 heterocycles. The van der Waals surface area contributed by atoms with Gasteiger partial charge in [-0.2, -0.15) is 0 Å². The van der Waals surface area contributed by atoms with E-state index in [0.29, 0.717) is 37.6 Å². The highest BCUT2D eigenvalue weighted by atomic mass is 32.1. The van der Waals surface area contributed by atoms with Crippen molar-refractivity contribution in [3.05, 3.63) is 96.3 Å². The number of rotatable bonds is 4. The average Bonchev–Trinajstić information content (AvgIpc) is 3.36. The summed E-state index contributed by atoms with van der Waals surface area (Å²) in [5.41, 5.74) is 0.193. The van der Waals surface area contributed by atoms with Crippen molar-refractivity contribution in [2.45, 2.75) is 6.92 Å². The van der Waals surface area contributed by atoms with Gasteiger partial charge >= 0.3 is 17.2 Å². The number of ether oxygens (including phenoxy) is 1. The first-order chi connectivity index (χ1) is 16.4. The monoisotopic (exact) mass is 472 g/mol. The van der Waals surface area contributed by atoms with Gasteiger partial charge in [0.05, 0.1) is 12.0 Å². The molecule has 0 aliphatic heterocycles. The number of ketones is 1. The first kappa shape index (κ1) is 21.5. The van der Waals surface area contributed by atoms with E-state index in [4.69, 9.17) is 8.83 Å². The second-order valence-corrected chi connectivity index (χ2v) is 8.56. The number of aryl methyl sites for hydroxylation is 1. The molecule has 7 nitrogen and oxygen atoms in total. The summed E-state index contributed by atoms with van der Waals surface area (Å²) < 4.78 is 15.8. The van der Waals surface area contributed by atoms with Crippen molar-refractivity contribution in [2.75, 3.05) is 7.11 Å². The van der Waals surface area contributed by atoms with Crippen LogP contribution in [0.4, 0.5) is 0 Å². The fourth-order valence-corrected chi connectivity index (χ4v) is 4.60. The van der Waals surface area contributed by atoms with E-state index in [1.54, 1.807) is 43.3 Å². The van der Waals surface area contributed by atoms with Gasteiger partial charge in [0, 0.05) is 27.6 Å². The number of allylic oxidation sites excluding steroid dienone is 1. The highest BCUT2D eigenvalue weighted by molar-refractivity contribution is 7.12. The molecule has 168 valence electrons. The van der Waals surface area contributed by atoms with Crippen molar-refractivity contribution in [3.8, 4) is 0 Å². The molecule has 0 atom stereocenters. The minimum absolute atomic E-state index is 0.184. The molecule has 34 heavy (non-hydrogen) atoms. The summed E-state index contributed by atoms with van der Waals surface area (Å²) in [6.45, 7) is 1.80. The van der Waals surface area contributed by atoms with Gasteiger partial charge in [-0.3, -0.25) is 4.79 Å². The van der Waals surface area contributed by atoms with Crippen LogP contribution in [-0.2, 0) is 4.74 Å². The molecule has 2 aromatic carbocycles. The number of methoxy groups -OCH3 is 1. The average molecular weight is 472 g/mol. The highest BCUT2D eigenvalue weighted by Gasteiger charge is 2.19. The largest absolute Gasteiger partial charge is 0.465 e. The molecule has 0 fully saturated rings. The molecule has 0 saturated heterocycles. The summed E-state index contributed by atoms with van der Waals surface area (Å²) in [6, 6.07) is 11.5. The van der Waals surface area contributed by atoms with Crippen LogP contribution in [0, 0.1) is 6.92 Å². The fourth-order valence-electron chi connectivity index (χ4n) is 3.95. The quantitative estimate of drug-likeness (QED) is 0.118. The topological polar surface area (TPSA) is 104 Å². The minimum atomic E-state index is -0.845. The fraction of sp³-hybridized carbons (Fsp3) is 0.0769. The second-order valence-electron chi connectivity index (χ2n) is 7.61. The molecule has 0 radical (unpaired) electrons. The molecule has 0 spiro atoms. The SMILES string of the molecule is COC(=O)c1cc2cc(/C=C/C(=O)c3cccs3)c3c(ccc4c(C)cc(=O)oc43)c2oc1=O. The maximum Gasteiger partial charge on any atom is 0.351 e. The van der Waals surface area contributed by atoms with Crippen LogP contribution >= 0.6 is 11.3 Å². The molecule has 0 unspecified atom stereocenters. The molecular formula is C26H16O7S. The first-order valence-corrected chi connectivity index (χ1v) is 11.1. The minimum Gasteiger partial charge on any atom is -0.465 e. The molecule has 0 amide bonds. The lowest BCUT2D eigenvalue weighted by Crippen LogP contribution is -2.15. The smallest absolute Gasteiger partial charge is 0.351 e. The van der Waals surface area contributed by atoms with E-state index >= 15 is 0 Å². The van der Waals surface area contributed by atoms with Crippen LogP contribution < -0.4 is 11.3 Å². The number of hydrogen-bond acceptors (Lipinski definition) is 8. The Bertz CT molecular complexity index is 1770. The van der Waals surface area contributed by atoms with Crippen molar-refractivity contribution in [1.29, 1.82) is 0 Å². The van der Waals surface area contributed by atoms with Crippen LogP contribution in [0.15, 0.2) is 72.3 Å². The summed E-state index contributed by atoms with van der Waals surface area (Å²) in [5, 5.41) is 3.98. The summed E-state index contributed by atoms with van der Waals surface area (Å²) in [4.78, 5) is 49.9. The Morgan fingerprint density at radius 3 is 2.53 bits per heavy atom. The number of benzene rings is 2. The molecule has 0 saturated carbocycles. The number of hydrogen-bond donors (Lipinski definition) is 0. The lowest BCUT2D eigenvalue weighted by molar-refractivity contribution is 0.0596. The molecule has 0 aliphatic rings. The lowest BCUT2D eigenvalue weighted by Gasteiger charge is -2.11. The second kappa shape index (κ2) is 8.24.